The van der Waals surface area contributed by atoms with Crippen molar-refractivity contribution in [2.24, 2.45) is 5.92 Å². The van der Waals surface area contributed by atoms with E-state index < -0.39 is 0 Å². The van der Waals surface area contributed by atoms with Gasteiger partial charge in [0.05, 0.1) is 6.61 Å². The van der Waals surface area contributed by atoms with Crippen molar-refractivity contribution in [1.82, 2.24) is 5.32 Å². The van der Waals surface area contributed by atoms with Gasteiger partial charge in [-0.15, -0.1) is 0 Å². The second-order valence-electron chi connectivity index (χ2n) is 5.14. The first kappa shape index (κ1) is 11.9. The van der Waals surface area contributed by atoms with Crippen molar-refractivity contribution in [1.29, 1.82) is 0 Å². The second kappa shape index (κ2) is 6.24. The number of rotatable bonds is 3. The molecule has 2 fully saturated rings. The molecule has 1 aliphatic carbocycles. The van der Waals surface area contributed by atoms with E-state index in [1.54, 1.807) is 0 Å². The molecule has 2 rings (SSSR count). The summed E-state index contributed by atoms with van der Waals surface area (Å²) in [5.41, 5.74) is 0. The molecule has 0 aromatic carbocycles. The molecule has 92 valence electrons. The number of piperidine rings is 1. The number of esters is 1. The van der Waals surface area contributed by atoms with E-state index in [1.165, 1.54) is 38.5 Å². The van der Waals surface area contributed by atoms with Gasteiger partial charge in [0.25, 0.3) is 0 Å². The molecule has 3 nitrogen and oxygen atoms in total. The van der Waals surface area contributed by atoms with Crippen molar-refractivity contribution in [3.05, 3.63) is 0 Å². The molecule has 0 aromatic rings. The van der Waals surface area contributed by atoms with E-state index in [9.17, 15) is 4.79 Å². The normalized spacial score (nSPS) is 27.6. The van der Waals surface area contributed by atoms with Gasteiger partial charge in [0.1, 0.15) is 6.04 Å². The maximum absolute atomic E-state index is 11.8. The maximum atomic E-state index is 11.8. The lowest BCUT2D eigenvalue weighted by Crippen LogP contribution is -2.41. The van der Waals surface area contributed by atoms with Crippen LogP contribution in [0, 0.1) is 5.92 Å². The number of ether oxygens (including phenoxy) is 1. The van der Waals surface area contributed by atoms with E-state index in [0.29, 0.717) is 12.5 Å². The Morgan fingerprint density at radius 2 is 1.81 bits per heavy atom. The van der Waals surface area contributed by atoms with Crippen LogP contribution in [0.1, 0.15) is 51.4 Å². The fraction of sp³-hybridized carbons (Fsp3) is 0.923. The minimum Gasteiger partial charge on any atom is -0.464 e. The summed E-state index contributed by atoms with van der Waals surface area (Å²) >= 11 is 0. The molecule has 1 atom stereocenters. The SMILES string of the molecule is O=C(OCC1CCCCC1)C1CCCCN1. The molecule has 1 aliphatic heterocycles. The molecule has 16 heavy (non-hydrogen) atoms. The summed E-state index contributed by atoms with van der Waals surface area (Å²) in [6, 6.07) is -0.0302. The monoisotopic (exact) mass is 225 g/mol. The highest BCUT2D eigenvalue weighted by molar-refractivity contribution is 5.75. The van der Waals surface area contributed by atoms with Gasteiger partial charge in [-0.25, -0.2) is 0 Å². The zero-order chi connectivity index (χ0) is 11.2. The highest BCUT2D eigenvalue weighted by Gasteiger charge is 2.23. The zero-order valence-corrected chi connectivity index (χ0v) is 10.0. The third kappa shape index (κ3) is 3.48. The topological polar surface area (TPSA) is 38.3 Å². The molecule has 0 aromatic heterocycles. The van der Waals surface area contributed by atoms with Gasteiger partial charge in [0.15, 0.2) is 0 Å². The molecular weight excluding hydrogens is 202 g/mol. The van der Waals surface area contributed by atoms with Crippen molar-refractivity contribution in [2.45, 2.75) is 57.4 Å². The van der Waals surface area contributed by atoms with Crippen LogP contribution in [-0.4, -0.2) is 25.2 Å². The third-order valence-corrected chi connectivity index (χ3v) is 3.78. The van der Waals surface area contributed by atoms with Crippen molar-refractivity contribution in [3.8, 4) is 0 Å². The second-order valence-corrected chi connectivity index (χ2v) is 5.14. The summed E-state index contributed by atoms with van der Waals surface area (Å²) in [6.07, 6.45) is 9.74. The predicted molar refractivity (Wildman–Crippen MR) is 63.2 cm³/mol. The Kier molecular flexibility index (Phi) is 4.64. The van der Waals surface area contributed by atoms with Gasteiger partial charge in [0, 0.05) is 0 Å². The molecule has 1 saturated heterocycles. The Morgan fingerprint density at radius 3 is 2.50 bits per heavy atom. The molecule has 0 amide bonds. The number of carbonyl (C=O) groups is 1. The van der Waals surface area contributed by atoms with Gasteiger partial charge in [-0.1, -0.05) is 25.7 Å². The molecule has 1 unspecified atom stereocenters. The first-order valence-corrected chi connectivity index (χ1v) is 6.76. The number of hydrogen-bond acceptors (Lipinski definition) is 3. The van der Waals surface area contributed by atoms with Crippen LogP contribution in [0.5, 0.6) is 0 Å². The van der Waals surface area contributed by atoms with Gasteiger partial charge in [-0.05, 0) is 38.1 Å². The fourth-order valence-corrected chi connectivity index (χ4v) is 2.71. The fourth-order valence-electron chi connectivity index (χ4n) is 2.71. The molecule has 2 aliphatic rings. The third-order valence-electron chi connectivity index (χ3n) is 3.78. The highest BCUT2D eigenvalue weighted by atomic mass is 16.5. The number of nitrogens with one attached hydrogen (secondary N) is 1. The van der Waals surface area contributed by atoms with Crippen molar-refractivity contribution >= 4 is 5.97 Å². The quantitative estimate of drug-likeness (QED) is 0.749. The van der Waals surface area contributed by atoms with Gasteiger partial charge in [-0.3, -0.25) is 4.79 Å². The zero-order valence-electron chi connectivity index (χ0n) is 10.0. The van der Waals surface area contributed by atoms with Crippen LogP contribution >= 0.6 is 0 Å². The van der Waals surface area contributed by atoms with Crippen molar-refractivity contribution in [3.63, 3.8) is 0 Å². The minimum absolute atomic E-state index is 0.0229. The molecular formula is C13H23NO2. The van der Waals surface area contributed by atoms with Crippen molar-refractivity contribution < 1.29 is 9.53 Å². The molecule has 0 spiro atoms. The van der Waals surface area contributed by atoms with Crippen molar-refractivity contribution in [2.75, 3.05) is 13.2 Å². The molecule has 3 heteroatoms. The highest BCUT2D eigenvalue weighted by Crippen LogP contribution is 2.23. The van der Waals surface area contributed by atoms with Crippen LogP contribution in [0.3, 0.4) is 0 Å². The summed E-state index contributed by atoms with van der Waals surface area (Å²) in [4.78, 5) is 11.8. The Labute approximate surface area is 97.9 Å². The number of hydrogen-bond donors (Lipinski definition) is 1. The Morgan fingerprint density at radius 1 is 1.06 bits per heavy atom. The summed E-state index contributed by atoms with van der Waals surface area (Å²) in [7, 11) is 0. The first-order valence-electron chi connectivity index (χ1n) is 6.76. The summed E-state index contributed by atoms with van der Waals surface area (Å²) < 4.78 is 5.42. The maximum Gasteiger partial charge on any atom is 0.323 e. The molecule has 0 bridgehead atoms. The van der Waals surface area contributed by atoms with E-state index in [2.05, 4.69) is 5.32 Å². The number of carbonyl (C=O) groups excluding carboxylic acids is 1. The summed E-state index contributed by atoms with van der Waals surface area (Å²) in [5.74, 6) is 0.603. The predicted octanol–water partition coefficient (Wildman–Crippen LogP) is 2.25. The van der Waals surface area contributed by atoms with Gasteiger partial charge in [0.2, 0.25) is 0 Å². The Bertz CT molecular complexity index is 218. The average molecular weight is 225 g/mol. The van der Waals surface area contributed by atoms with Gasteiger partial charge in [-0.2, -0.15) is 0 Å². The summed E-state index contributed by atoms with van der Waals surface area (Å²) in [6.45, 7) is 1.61. The van der Waals surface area contributed by atoms with Crippen LogP contribution in [0.15, 0.2) is 0 Å². The summed E-state index contributed by atoms with van der Waals surface area (Å²) in [5, 5.41) is 3.23. The van der Waals surface area contributed by atoms with E-state index in [-0.39, 0.29) is 12.0 Å². The lowest BCUT2D eigenvalue weighted by atomic mass is 9.90. The standard InChI is InChI=1S/C13H23NO2/c15-13(12-8-4-5-9-14-12)16-10-11-6-2-1-3-7-11/h11-12,14H,1-10H2. The van der Waals surface area contributed by atoms with Crippen LogP contribution in [-0.2, 0) is 9.53 Å². The Hall–Kier alpha value is -0.570. The average Bonchev–Trinajstić information content (AvgIpc) is 2.38. The lowest BCUT2D eigenvalue weighted by Gasteiger charge is -2.25. The minimum atomic E-state index is -0.0302. The largest absolute Gasteiger partial charge is 0.464 e. The van der Waals surface area contributed by atoms with Gasteiger partial charge < -0.3 is 10.1 Å². The molecule has 0 radical (unpaired) electrons. The van der Waals surface area contributed by atoms with Crippen LogP contribution < -0.4 is 5.32 Å². The van der Waals surface area contributed by atoms with Crippen LogP contribution in [0.4, 0.5) is 0 Å². The van der Waals surface area contributed by atoms with E-state index in [0.717, 1.165) is 19.4 Å². The van der Waals surface area contributed by atoms with E-state index >= 15 is 0 Å². The Balaban J connectivity index is 1.65. The first-order chi connectivity index (χ1) is 7.86. The van der Waals surface area contributed by atoms with E-state index in [1.807, 2.05) is 0 Å². The van der Waals surface area contributed by atoms with Gasteiger partial charge >= 0.3 is 5.97 Å². The molecule has 1 heterocycles. The van der Waals surface area contributed by atoms with E-state index in [4.69, 9.17) is 4.74 Å². The van der Waals surface area contributed by atoms with Crippen LogP contribution in [0.2, 0.25) is 0 Å². The molecule has 1 N–H and O–H groups in total. The smallest absolute Gasteiger partial charge is 0.323 e. The van der Waals surface area contributed by atoms with Crippen LogP contribution in [0.25, 0.3) is 0 Å². The molecule has 1 saturated carbocycles. The lowest BCUT2D eigenvalue weighted by molar-refractivity contribution is -0.148.